The molecule has 2 heterocycles. The first-order valence-corrected chi connectivity index (χ1v) is 6.83. The van der Waals surface area contributed by atoms with Gasteiger partial charge in [-0.1, -0.05) is 0 Å². The second-order valence-corrected chi connectivity index (χ2v) is 5.05. The third kappa shape index (κ3) is 2.72. The average molecular weight is 319 g/mol. The van der Waals surface area contributed by atoms with Crippen LogP contribution in [0.15, 0.2) is 30.9 Å². The Hall–Kier alpha value is -2.97. The van der Waals surface area contributed by atoms with Crippen LogP contribution in [0, 0.1) is 5.82 Å². The molecule has 0 spiro atoms. The minimum absolute atomic E-state index is 0.136. The van der Waals surface area contributed by atoms with Crippen molar-refractivity contribution in [2.24, 2.45) is 0 Å². The molecule has 0 N–H and O–H groups in total. The van der Waals surface area contributed by atoms with Gasteiger partial charge in [0.15, 0.2) is 12.0 Å². The molecular weight excluding hydrogens is 305 g/mol. The Morgan fingerprint density at radius 2 is 2.26 bits per heavy atom. The summed E-state index contributed by atoms with van der Waals surface area (Å²) in [4.78, 5) is 29.7. The van der Waals surface area contributed by atoms with Gasteiger partial charge in [-0.05, 0) is 18.2 Å². The molecule has 1 aromatic carbocycles. The fraction of sp³-hybridized carbons (Fsp3) is 0.286. The number of hydrogen-bond acceptors (Lipinski definition) is 5. The van der Waals surface area contributed by atoms with E-state index in [-0.39, 0.29) is 18.1 Å². The van der Waals surface area contributed by atoms with E-state index in [4.69, 9.17) is 4.74 Å². The Balaban J connectivity index is 1.84. The van der Waals surface area contributed by atoms with Crippen molar-refractivity contribution in [3.63, 3.8) is 0 Å². The number of amides is 2. The molecule has 1 atom stereocenters. The van der Waals surface area contributed by atoms with Gasteiger partial charge in [-0.25, -0.2) is 18.9 Å². The van der Waals surface area contributed by atoms with E-state index < -0.39 is 18.1 Å². The van der Waals surface area contributed by atoms with Crippen LogP contribution in [0.3, 0.4) is 0 Å². The lowest BCUT2D eigenvalue weighted by Gasteiger charge is -2.20. The Morgan fingerprint density at radius 3 is 2.87 bits per heavy atom. The molecular formula is C14H14FN5O3. The molecule has 23 heavy (non-hydrogen) atoms. The number of nitrogens with zero attached hydrogens (tertiary/aromatic N) is 5. The molecule has 0 aliphatic carbocycles. The standard InChI is InChI=1S/C14H14FN5O3/c1-9(21)18(2)13-6-19(14(22)23-13)10-3-4-12(11(15)5-10)20-8-16-7-17-20/h3-5,7-8,13H,6H2,1-2H3. The second-order valence-electron chi connectivity index (χ2n) is 5.05. The summed E-state index contributed by atoms with van der Waals surface area (Å²) in [6.07, 6.45) is 1.35. The monoisotopic (exact) mass is 319 g/mol. The van der Waals surface area contributed by atoms with Crippen LogP contribution in [0.25, 0.3) is 5.69 Å². The van der Waals surface area contributed by atoms with Crippen molar-refractivity contribution >= 4 is 17.7 Å². The number of carbonyl (C=O) groups is 2. The third-order valence-corrected chi connectivity index (χ3v) is 3.63. The van der Waals surface area contributed by atoms with Crippen LogP contribution in [0.1, 0.15) is 6.92 Å². The summed E-state index contributed by atoms with van der Waals surface area (Å²) < 4.78 is 20.7. The highest BCUT2D eigenvalue weighted by molar-refractivity contribution is 5.90. The van der Waals surface area contributed by atoms with Crippen molar-refractivity contribution < 1.29 is 18.7 Å². The molecule has 2 amide bonds. The van der Waals surface area contributed by atoms with E-state index >= 15 is 0 Å². The van der Waals surface area contributed by atoms with Gasteiger partial charge >= 0.3 is 6.09 Å². The van der Waals surface area contributed by atoms with Crippen LogP contribution in [0.4, 0.5) is 14.9 Å². The molecule has 0 radical (unpaired) electrons. The summed E-state index contributed by atoms with van der Waals surface area (Å²) in [5.74, 6) is -0.776. The maximum absolute atomic E-state index is 14.2. The van der Waals surface area contributed by atoms with Crippen LogP contribution < -0.4 is 4.90 Å². The summed E-state index contributed by atoms with van der Waals surface area (Å²) in [6, 6.07) is 4.29. The molecule has 3 rings (SSSR count). The van der Waals surface area contributed by atoms with Crippen molar-refractivity contribution in [2.45, 2.75) is 13.2 Å². The summed E-state index contributed by atoms with van der Waals surface area (Å²) in [7, 11) is 1.54. The SMILES string of the molecule is CC(=O)N(C)C1CN(c2ccc(-n3cncn3)c(F)c2)C(=O)O1. The lowest BCUT2D eigenvalue weighted by Crippen LogP contribution is -2.38. The molecule has 1 aromatic heterocycles. The molecule has 0 bridgehead atoms. The predicted octanol–water partition coefficient (Wildman–Crippen LogP) is 1.17. The maximum atomic E-state index is 14.2. The number of anilines is 1. The van der Waals surface area contributed by atoms with Gasteiger partial charge in [0.05, 0.1) is 12.2 Å². The Morgan fingerprint density at radius 1 is 1.48 bits per heavy atom. The van der Waals surface area contributed by atoms with E-state index in [2.05, 4.69) is 10.1 Å². The van der Waals surface area contributed by atoms with Crippen molar-refractivity contribution in [1.82, 2.24) is 19.7 Å². The van der Waals surface area contributed by atoms with Gasteiger partial charge in [-0.15, -0.1) is 0 Å². The minimum Gasteiger partial charge on any atom is -0.423 e. The van der Waals surface area contributed by atoms with Crippen molar-refractivity contribution in [2.75, 3.05) is 18.5 Å². The number of carbonyl (C=O) groups excluding carboxylic acids is 2. The quantitative estimate of drug-likeness (QED) is 0.848. The zero-order valence-corrected chi connectivity index (χ0v) is 12.5. The summed E-state index contributed by atoms with van der Waals surface area (Å²) in [5.41, 5.74) is 0.562. The van der Waals surface area contributed by atoms with Crippen LogP contribution in [-0.2, 0) is 9.53 Å². The fourth-order valence-corrected chi connectivity index (χ4v) is 2.25. The molecule has 1 aliphatic rings. The largest absolute Gasteiger partial charge is 0.423 e. The molecule has 1 fully saturated rings. The van der Waals surface area contributed by atoms with Crippen LogP contribution in [0.5, 0.6) is 0 Å². The first-order chi connectivity index (χ1) is 11.0. The molecule has 2 aromatic rings. The highest BCUT2D eigenvalue weighted by Crippen LogP contribution is 2.25. The lowest BCUT2D eigenvalue weighted by molar-refractivity contribution is -0.134. The number of halogens is 1. The van der Waals surface area contributed by atoms with E-state index in [1.54, 1.807) is 6.07 Å². The van der Waals surface area contributed by atoms with Crippen LogP contribution in [-0.4, -0.2) is 51.5 Å². The van der Waals surface area contributed by atoms with Gasteiger partial charge in [0, 0.05) is 14.0 Å². The van der Waals surface area contributed by atoms with Gasteiger partial charge in [0.2, 0.25) is 5.91 Å². The Kier molecular flexibility index (Phi) is 3.68. The number of benzene rings is 1. The summed E-state index contributed by atoms with van der Waals surface area (Å²) in [6.45, 7) is 1.51. The molecule has 9 heteroatoms. The van der Waals surface area contributed by atoms with E-state index in [1.165, 1.54) is 53.2 Å². The van der Waals surface area contributed by atoms with Gasteiger partial charge < -0.3 is 9.64 Å². The summed E-state index contributed by atoms with van der Waals surface area (Å²) in [5, 5.41) is 3.86. The number of aromatic nitrogens is 3. The van der Waals surface area contributed by atoms with Crippen LogP contribution in [0.2, 0.25) is 0 Å². The van der Waals surface area contributed by atoms with E-state index in [1.807, 2.05) is 0 Å². The van der Waals surface area contributed by atoms with Crippen LogP contribution >= 0.6 is 0 Å². The van der Waals surface area contributed by atoms with E-state index in [9.17, 15) is 14.0 Å². The molecule has 0 saturated carbocycles. The van der Waals surface area contributed by atoms with Gasteiger partial charge in [-0.3, -0.25) is 9.69 Å². The molecule has 8 nitrogen and oxygen atoms in total. The highest BCUT2D eigenvalue weighted by atomic mass is 19.1. The number of hydrogen-bond donors (Lipinski definition) is 0. The van der Waals surface area contributed by atoms with Gasteiger partial charge in [0.1, 0.15) is 18.3 Å². The average Bonchev–Trinajstić information content (AvgIpc) is 3.15. The number of rotatable bonds is 3. The van der Waals surface area contributed by atoms with Crippen molar-refractivity contribution in [1.29, 1.82) is 0 Å². The Bertz CT molecular complexity index is 749. The van der Waals surface area contributed by atoms with E-state index in [0.29, 0.717) is 5.69 Å². The molecule has 120 valence electrons. The molecule has 1 aliphatic heterocycles. The van der Waals surface area contributed by atoms with Gasteiger partial charge in [-0.2, -0.15) is 5.10 Å². The van der Waals surface area contributed by atoms with Crippen molar-refractivity contribution in [3.8, 4) is 5.69 Å². The van der Waals surface area contributed by atoms with E-state index in [0.717, 1.165) is 0 Å². The minimum atomic E-state index is -0.696. The molecule has 1 unspecified atom stereocenters. The normalized spacial score (nSPS) is 17.3. The second kappa shape index (κ2) is 5.67. The molecule has 1 saturated heterocycles. The number of likely N-dealkylation sites (N-methyl/N-ethyl adjacent to an activating group) is 1. The first kappa shape index (κ1) is 14.9. The van der Waals surface area contributed by atoms with Gasteiger partial charge in [0.25, 0.3) is 0 Å². The van der Waals surface area contributed by atoms with Crippen molar-refractivity contribution in [3.05, 3.63) is 36.7 Å². The number of ether oxygens (including phenoxy) is 1. The summed E-state index contributed by atoms with van der Waals surface area (Å²) >= 11 is 0. The predicted molar refractivity (Wildman–Crippen MR) is 77.4 cm³/mol. The maximum Gasteiger partial charge on any atom is 0.416 e. The highest BCUT2D eigenvalue weighted by Gasteiger charge is 2.36. The zero-order chi connectivity index (χ0) is 16.6. The Labute approximate surface area is 131 Å². The first-order valence-electron chi connectivity index (χ1n) is 6.83. The topological polar surface area (TPSA) is 80.6 Å². The third-order valence-electron chi connectivity index (χ3n) is 3.63. The fourth-order valence-electron chi connectivity index (χ4n) is 2.25. The smallest absolute Gasteiger partial charge is 0.416 e. The zero-order valence-electron chi connectivity index (χ0n) is 12.5. The lowest BCUT2D eigenvalue weighted by atomic mass is 10.2. The number of cyclic esters (lactones) is 1.